The summed E-state index contributed by atoms with van der Waals surface area (Å²) >= 11 is 5.99. The van der Waals surface area contributed by atoms with Gasteiger partial charge in [-0.2, -0.15) is 4.80 Å². The minimum Gasteiger partial charge on any atom is -0.399 e. The number of anilines is 1. The molecule has 0 fully saturated rings. The van der Waals surface area contributed by atoms with Crippen LogP contribution in [0.3, 0.4) is 0 Å². The van der Waals surface area contributed by atoms with E-state index in [0.29, 0.717) is 24.5 Å². The van der Waals surface area contributed by atoms with E-state index in [1.165, 1.54) is 4.68 Å². The number of aromatic nitrogens is 4. The van der Waals surface area contributed by atoms with E-state index in [-0.39, 0.29) is 5.69 Å². The molecule has 0 atom stereocenters. The van der Waals surface area contributed by atoms with Gasteiger partial charge < -0.3 is 5.73 Å². The average molecular weight is 344 g/mol. The summed E-state index contributed by atoms with van der Waals surface area (Å²) in [6.07, 6.45) is 0.675. The van der Waals surface area contributed by atoms with Gasteiger partial charge >= 0.3 is 5.69 Å². The number of hydrogen-bond acceptors (Lipinski definition) is 4. The Kier molecular flexibility index (Phi) is 4.66. The normalized spacial score (nSPS) is 10.9. The van der Waals surface area contributed by atoms with E-state index in [1.54, 1.807) is 4.80 Å². The summed E-state index contributed by atoms with van der Waals surface area (Å²) < 4.78 is 1.53. The monoisotopic (exact) mass is 343 g/mol. The van der Waals surface area contributed by atoms with Gasteiger partial charge in [-0.15, -0.1) is 0 Å². The third-order valence-corrected chi connectivity index (χ3v) is 4.13. The lowest BCUT2D eigenvalue weighted by Crippen LogP contribution is -2.25. The molecule has 0 radical (unpaired) electrons. The lowest BCUT2D eigenvalue weighted by Gasteiger charge is -2.10. The van der Waals surface area contributed by atoms with Crippen LogP contribution in [0.2, 0.25) is 5.02 Å². The van der Waals surface area contributed by atoms with Crippen LogP contribution in [-0.4, -0.2) is 19.8 Å². The molecular formula is C17H18ClN5O. The molecule has 0 unspecified atom stereocenters. The quantitative estimate of drug-likeness (QED) is 0.721. The van der Waals surface area contributed by atoms with Crippen LogP contribution < -0.4 is 11.4 Å². The van der Waals surface area contributed by atoms with E-state index in [1.807, 2.05) is 49.4 Å². The average Bonchev–Trinajstić information content (AvgIpc) is 2.89. The topological polar surface area (TPSA) is 78.7 Å². The van der Waals surface area contributed by atoms with Crippen molar-refractivity contribution >= 4 is 17.3 Å². The fraction of sp³-hybridized carbons (Fsp3) is 0.235. The lowest BCUT2D eigenvalue weighted by atomic mass is 10.1. The summed E-state index contributed by atoms with van der Waals surface area (Å²) in [6.45, 7) is 2.90. The number of aryl methyl sites for hydroxylation is 2. The summed E-state index contributed by atoms with van der Waals surface area (Å²) in [5.41, 5.74) is 9.31. The van der Waals surface area contributed by atoms with Crippen molar-refractivity contribution in [2.24, 2.45) is 0 Å². The maximum atomic E-state index is 12.0. The summed E-state index contributed by atoms with van der Waals surface area (Å²) in [5.74, 6) is 0. The number of rotatable bonds is 5. The molecule has 1 aromatic heterocycles. The Balaban J connectivity index is 1.78. The molecule has 0 spiro atoms. The van der Waals surface area contributed by atoms with Gasteiger partial charge in [-0.3, -0.25) is 0 Å². The first-order valence-electron chi connectivity index (χ1n) is 7.63. The second-order valence-electron chi connectivity index (χ2n) is 5.70. The molecule has 0 aliphatic rings. The van der Waals surface area contributed by atoms with Crippen LogP contribution in [0.5, 0.6) is 0 Å². The van der Waals surface area contributed by atoms with Gasteiger partial charge in [0.15, 0.2) is 0 Å². The zero-order valence-corrected chi connectivity index (χ0v) is 14.1. The zero-order valence-electron chi connectivity index (χ0n) is 13.3. The highest BCUT2D eigenvalue weighted by Gasteiger charge is 2.08. The first kappa shape index (κ1) is 16.3. The number of halogens is 1. The van der Waals surface area contributed by atoms with Crippen molar-refractivity contribution in [3.05, 3.63) is 74.7 Å². The largest absolute Gasteiger partial charge is 0.399 e. The van der Waals surface area contributed by atoms with Crippen molar-refractivity contribution in [1.29, 1.82) is 0 Å². The molecule has 0 aliphatic heterocycles. The van der Waals surface area contributed by atoms with Gasteiger partial charge in [0.2, 0.25) is 0 Å². The number of nitrogen functional groups attached to an aromatic ring is 1. The molecule has 3 rings (SSSR count). The first-order valence-corrected chi connectivity index (χ1v) is 8.01. The van der Waals surface area contributed by atoms with E-state index >= 15 is 0 Å². The summed E-state index contributed by atoms with van der Waals surface area (Å²) in [7, 11) is 0. The Morgan fingerprint density at radius 1 is 1.17 bits per heavy atom. The van der Waals surface area contributed by atoms with Crippen molar-refractivity contribution in [3.8, 4) is 0 Å². The van der Waals surface area contributed by atoms with Gasteiger partial charge in [0.25, 0.3) is 0 Å². The maximum Gasteiger partial charge on any atom is 0.383 e. The molecule has 124 valence electrons. The number of nitrogens with zero attached hydrogens (tertiary/aromatic N) is 4. The fourth-order valence-corrected chi connectivity index (χ4v) is 2.76. The Morgan fingerprint density at radius 3 is 2.75 bits per heavy atom. The van der Waals surface area contributed by atoms with Crippen LogP contribution in [0.25, 0.3) is 0 Å². The van der Waals surface area contributed by atoms with E-state index in [9.17, 15) is 4.79 Å². The summed E-state index contributed by atoms with van der Waals surface area (Å²) in [5, 5.41) is 8.29. The molecule has 6 nitrogen and oxygen atoms in total. The second kappa shape index (κ2) is 6.88. The predicted molar refractivity (Wildman–Crippen MR) is 94.1 cm³/mol. The highest BCUT2D eigenvalue weighted by atomic mass is 35.5. The molecule has 2 N–H and O–H groups in total. The van der Waals surface area contributed by atoms with Crippen LogP contribution in [0.15, 0.2) is 47.3 Å². The Labute approximate surface area is 144 Å². The van der Waals surface area contributed by atoms with Crippen molar-refractivity contribution in [3.63, 3.8) is 0 Å². The highest BCUT2D eigenvalue weighted by molar-refractivity contribution is 6.30. The molecule has 0 amide bonds. The highest BCUT2D eigenvalue weighted by Crippen LogP contribution is 2.14. The molecule has 1 heterocycles. The van der Waals surface area contributed by atoms with E-state index < -0.39 is 0 Å². The Morgan fingerprint density at radius 2 is 2.00 bits per heavy atom. The minimum atomic E-state index is -0.357. The molecule has 7 heteroatoms. The van der Waals surface area contributed by atoms with Crippen LogP contribution in [0.4, 0.5) is 5.69 Å². The predicted octanol–water partition coefficient (Wildman–Crippen LogP) is 2.27. The van der Waals surface area contributed by atoms with Crippen LogP contribution >= 0.6 is 11.6 Å². The lowest BCUT2D eigenvalue weighted by molar-refractivity contribution is 0.423. The van der Waals surface area contributed by atoms with E-state index in [0.717, 1.165) is 22.4 Å². The smallest absolute Gasteiger partial charge is 0.383 e. The van der Waals surface area contributed by atoms with Crippen molar-refractivity contribution in [2.75, 3.05) is 5.73 Å². The van der Waals surface area contributed by atoms with Gasteiger partial charge in [0.05, 0.1) is 13.1 Å². The maximum absolute atomic E-state index is 12.0. The molecule has 0 saturated carbocycles. The molecule has 0 saturated heterocycles. The van der Waals surface area contributed by atoms with Gasteiger partial charge in [-0.25, -0.2) is 9.48 Å². The van der Waals surface area contributed by atoms with Crippen LogP contribution in [0.1, 0.15) is 16.7 Å². The van der Waals surface area contributed by atoms with E-state index in [2.05, 4.69) is 10.3 Å². The SMILES string of the molecule is Cc1cc(Cn2nnc(=O)n2CCc2cccc(Cl)c2)ccc1N. The molecule has 2 aromatic carbocycles. The number of benzene rings is 2. The van der Waals surface area contributed by atoms with Crippen LogP contribution in [0, 0.1) is 6.92 Å². The number of nitrogens with two attached hydrogens (primary N) is 1. The molecule has 0 aliphatic carbocycles. The van der Waals surface area contributed by atoms with Gasteiger partial charge in [0, 0.05) is 10.7 Å². The third-order valence-electron chi connectivity index (χ3n) is 3.89. The van der Waals surface area contributed by atoms with Gasteiger partial charge in [-0.1, -0.05) is 41.0 Å². The van der Waals surface area contributed by atoms with Crippen molar-refractivity contribution in [1.82, 2.24) is 19.8 Å². The van der Waals surface area contributed by atoms with Gasteiger partial charge in [0.1, 0.15) is 0 Å². The van der Waals surface area contributed by atoms with Gasteiger partial charge in [-0.05, 0) is 53.4 Å². The fourth-order valence-electron chi connectivity index (χ4n) is 2.54. The first-order chi connectivity index (χ1) is 11.5. The minimum absolute atomic E-state index is 0.357. The second-order valence-corrected chi connectivity index (χ2v) is 6.13. The number of tetrazole rings is 1. The third kappa shape index (κ3) is 3.65. The van der Waals surface area contributed by atoms with Crippen molar-refractivity contribution in [2.45, 2.75) is 26.4 Å². The molecule has 3 aromatic rings. The molecular weight excluding hydrogens is 326 g/mol. The standard InChI is InChI=1S/C17H18ClN5O/c1-12-9-14(5-6-16(12)19)11-23-21-20-17(24)22(23)8-7-13-3-2-4-15(18)10-13/h2-6,9-10H,7-8,11,19H2,1H3. The Hall–Kier alpha value is -2.60. The molecule has 0 bridgehead atoms. The Bertz CT molecular complexity index is 915. The summed E-state index contributed by atoms with van der Waals surface area (Å²) in [4.78, 5) is 13.5. The number of hydrogen-bond donors (Lipinski definition) is 1. The van der Waals surface area contributed by atoms with Crippen molar-refractivity contribution < 1.29 is 0 Å². The zero-order chi connectivity index (χ0) is 17.1. The van der Waals surface area contributed by atoms with E-state index in [4.69, 9.17) is 17.3 Å². The molecule has 24 heavy (non-hydrogen) atoms. The summed E-state index contributed by atoms with van der Waals surface area (Å²) in [6, 6.07) is 13.4. The van der Waals surface area contributed by atoms with Crippen LogP contribution in [-0.2, 0) is 19.5 Å².